The molecule has 2 N–H and O–H groups in total. The number of nitrogens with one attached hydrogen (secondary N) is 2. The Morgan fingerprint density at radius 2 is 1.95 bits per heavy atom. The zero-order valence-electron chi connectivity index (χ0n) is 21.8. The van der Waals surface area contributed by atoms with Crippen molar-refractivity contribution in [2.24, 2.45) is 5.92 Å². The number of nitrogens with zero attached hydrogens (tertiary/aromatic N) is 5. The lowest BCUT2D eigenvalue weighted by atomic mass is 10.0. The molecule has 1 aromatic carbocycles. The first-order valence-corrected chi connectivity index (χ1v) is 12.9. The van der Waals surface area contributed by atoms with Crippen LogP contribution in [0.15, 0.2) is 48.9 Å². The summed E-state index contributed by atoms with van der Waals surface area (Å²) >= 11 is 0. The summed E-state index contributed by atoms with van der Waals surface area (Å²) in [5.74, 6) is -1.02. The normalized spacial score (nSPS) is 18.1. The minimum Gasteiger partial charge on any atom is -0.491 e. The van der Waals surface area contributed by atoms with E-state index in [4.69, 9.17) is 4.74 Å². The van der Waals surface area contributed by atoms with Crippen molar-refractivity contribution in [2.75, 3.05) is 26.2 Å². The van der Waals surface area contributed by atoms with Crippen molar-refractivity contribution in [2.45, 2.75) is 45.8 Å². The number of aromatic nitrogens is 4. The summed E-state index contributed by atoms with van der Waals surface area (Å²) in [5.41, 5.74) is 1.99. The molecule has 202 valence electrons. The number of carbonyl (C=O) groups is 2. The standard InChI is InChI=1S/C27H34FN7O3/c1-19(2)15-24-27(37)30-10-12-34(17-20-5-8-29-9-6-20)11-7-22-18-35(33-32-22)13-14-38-25-4-3-21(28)16-23(25)26(36)31-24/h3-6,8-9,16,18-19,24H,7,10-15,17H2,1-2H3,(H,30,37)(H,31,36)/t24-/m1/s1. The van der Waals surface area contributed by atoms with Gasteiger partial charge in [-0.05, 0) is 48.2 Å². The lowest BCUT2D eigenvalue weighted by molar-refractivity contribution is -0.123. The van der Waals surface area contributed by atoms with Gasteiger partial charge >= 0.3 is 0 Å². The lowest BCUT2D eigenvalue weighted by Gasteiger charge is -2.24. The van der Waals surface area contributed by atoms with Crippen molar-refractivity contribution in [3.63, 3.8) is 0 Å². The SMILES string of the molecule is CC(C)C[C@H]1NC(=O)c2cc(F)ccc2OCCn2cc(nn2)CCN(Cc2ccncc2)CCNC1=O. The van der Waals surface area contributed by atoms with Crippen LogP contribution in [0.3, 0.4) is 0 Å². The largest absolute Gasteiger partial charge is 0.491 e. The third-order valence-corrected chi connectivity index (χ3v) is 6.25. The Labute approximate surface area is 221 Å². The van der Waals surface area contributed by atoms with Gasteiger partial charge < -0.3 is 15.4 Å². The Kier molecular flexibility index (Phi) is 9.36. The molecule has 2 bridgehead atoms. The summed E-state index contributed by atoms with van der Waals surface area (Å²) in [7, 11) is 0. The lowest BCUT2D eigenvalue weighted by Crippen LogP contribution is -2.49. The molecule has 2 aromatic heterocycles. The van der Waals surface area contributed by atoms with Gasteiger partial charge in [-0.2, -0.15) is 0 Å². The van der Waals surface area contributed by atoms with Gasteiger partial charge in [0, 0.05) is 51.2 Å². The van der Waals surface area contributed by atoms with Crippen molar-refractivity contribution >= 4 is 11.8 Å². The van der Waals surface area contributed by atoms with E-state index in [1.165, 1.54) is 12.1 Å². The Morgan fingerprint density at radius 3 is 2.74 bits per heavy atom. The second-order valence-corrected chi connectivity index (χ2v) is 9.79. The summed E-state index contributed by atoms with van der Waals surface area (Å²) < 4.78 is 21.6. The zero-order valence-corrected chi connectivity index (χ0v) is 21.8. The Balaban J connectivity index is 1.56. The number of ether oxygens (including phenoxy) is 1. The van der Waals surface area contributed by atoms with Crippen LogP contribution in [-0.2, 0) is 24.3 Å². The molecule has 3 heterocycles. The third kappa shape index (κ3) is 7.82. The molecule has 4 rings (SSSR count). The molecule has 1 aliphatic heterocycles. The molecule has 0 radical (unpaired) electrons. The maximum atomic E-state index is 14.1. The van der Waals surface area contributed by atoms with Crippen LogP contribution in [0.1, 0.15) is 41.9 Å². The molecular weight excluding hydrogens is 489 g/mol. The monoisotopic (exact) mass is 523 g/mol. The fourth-order valence-corrected chi connectivity index (χ4v) is 4.31. The minimum atomic E-state index is -0.768. The first-order chi connectivity index (χ1) is 18.4. The summed E-state index contributed by atoms with van der Waals surface area (Å²) in [6, 6.07) is 6.95. The molecular formula is C27H34FN7O3. The third-order valence-electron chi connectivity index (χ3n) is 6.25. The van der Waals surface area contributed by atoms with Crippen molar-refractivity contribution in [3.05, 3.63) is 71.6 Å². The first-order valence-electron chi connectivity index (χ1n) is 12.9. The number of hydrogen-bond acceptors (Lipinski definition) is 7. The average Bonchev–Trinajstić information content (AvgIpc) is 3.35. The zero-order chi connectivity index (χ0) is 26.9. The maximum Gasteiger partial charge on any atom is 0.255 e. The number of carbonyl (C=O) groups excluding carboxylic acids is 2. The number of halogens is 1. The van der Waals surface area contributed by atoms with Gasteiger partial charge in [-0.15, -0.1) is 5.10 Å². The van der Waals surface area contributed by atoms with Gasteiger partial charge in [-0.1, -0.05) is 19.1 Å². The van der Waals surface area contributed by atoms with Crippen LogP contribution in [0.5, 0.6) is 5.75 Å². The van der Waals surface area contributed by atoms with Crippen LogP contribution < -0.4 is 15.4 Å². The van der Waals surface area contributed by atoms with Crippen LogP contribution in [0, 0.1) is 11.7 Å². The van der Waals surface area contributed by atoms with E-state index in [1.54, 1.807) is 17.1 Å². The summed E-state index contributed by atoms with van der Waals surface area (Å²) in [6.45, 7) is 6.98. The highest BCUT2D eigenvalue weighted by Gasteiger charge is 2.25. The molecule has 2 amide bonds. The van der Waals surface area contributed by atoms with E-state index < -0.39 is 17.8 Å². The summed E-state index contributed by atoms with van der Waals surface area (Å²) in [5, 5.41) is 14.2. The van der Waals surface area contributed by atoms with E-state index >= 15 is 0 Å². The highest BCUT2D eigenvalue weighted by Crippen LogP contribution is 2.21. The number of pyridine rings is 1. The average molecular weight is 524 g/mol. The Bertz CT molecular complexity index is 1220. The molecule has 10 nitrogen and oxygen atoms in total. The van der Waals surface area contributed by atoms with Gasteiger partial charge in [0.25, 0.3) is 5.91 Å². The second kappa shape index (κ2) is 13.1. The van der Waals surface area contributed by atoms with Crippen molar-refractivity contribution < 1.29 is 18.7 Å². The molecule has 38 heavy (non-hydrogen) atoms. The second-order valence-electron chi connectivity index (χ2n) is 9.79. The Hall–Kier alpha value is -3.86. The summed E-state index contributed by atoms with van der Waals surface area (Å²) in [4.78, 5) is 32.6. The van der Waals surface area contributed by atoms with Gasteiger partial charge in [-0.25, -0.2) is 9.07 Å². The van der Waals surface area contributed by atoms with Gasteiger partial charge in [0.1, 0.15) is 24.2 Å². The van der Waals surface area contributed by atoms with Crippen LogP contribution >= 0.6 is 0 Å². The smallest absolute Gasteiger partial charge is 0.255 e. The molecule has 0 fully saturated rings. The van der Waals surface area contributed by atoms with Crippen LogP contribution in [0.4, 0.5) is 4.39 Å². The summed E-state index contributed by atoms with van der Waals surface area (Å²) in [6.07, 6.45) is 6.52. The van der Waals surface area contributed by atoms with E-state index in [9.17, 15) is 14.0 Å². The molecule has 0 aliphatic carbocycles. The van der Waals surface area contributed by atoms with Crippen molar-refractivity contribution in [1.29, 1.82) is 0 Å². The number of rotatable bonds is 4. The quantitative estimate of drug-likeness (QED) is 0.539. The van der Waals surface area contributed by atoms with Crippen molar-refractivity contribution in [1.82, 2.24) is 35.5 Å². The molecule has 0 unspecified atom stereocenters. The topological polar surface area (TPSA) is 114 Å². The highest BCUT2D eigenvalue weighted by atomic mass is 19.1. The first kappa shape index (κ1) is 27.2. The number of benzene rings is 1. The van der Waals surface area contributed by atoms with Gasteiger partial charge in [0.15, 0.2) is 0 Å². The molecule has 3 aromatic rings. The highest BCUT2D eigenvalue weighted by molar-refractivity contribution is 5.99. The van der Waals surface area contributed by atoms with E-state index in [1.807, 2.05) is 32.2 Å². The minimum absolute atomic E-state index is 0.0375. The van der Waals surface area contributed by atoms with Gasteiger partial charge in [0.2, 0.25) is 5.91 Å². The Morgan fingerprint density at radius 1 is 1.13 bits per heavy atom. The fourth-order valence-electron chi connectivity index (χ4n) is 4.31. The van der Waals surface area contributed by atoms with E-state index in [2.05, 4.69) is 30.8 Å². The van der Waals surface area contributed by atoms with Gasteiger partial charge in [-0.3, -0.25) is 19.5 Å². The molecule has 1 atom stereocenters. The molecule has 11 heteroatoms. The predicted octanol–water partition coefficient (Wildman–Crippen LogP) is 2.21. The van der Waals surface area contributed by atoms with Crippen molar-refractivity contribution in [3.8, 4) is 5.75 Å². The molecule has 0 saturated carbocycles. The van der Waals surface area contributed by atoms with E-state index in [0.717, 1.165) is 23.9 Å². The number of amides is 2. The fraction of sp³-hybridized carbons (Fsp3) is 0.444. The predicted molar refractivity (Wildman–Crippen MR) is 139 cm³/mol. The maximum absolute atomic E-state index is 14.1. The van der Waals surface area contributed by atoms with E-state index in [0.29, 0.717) is 39.0 Å². The molecule has 1 aliphatic rings. The van der Waals surface area contributed by atoms with Crippen LogP contribution in [-0.4, -0.2) is 69.0 Å². The molecule has 0 spiro atoms. The molecule has 0 saturated heterocycles. The van der Waals surface area contributed by atoms with E-state index in [-0.39, 0.29) is 29.7 Å². The van der Waals surface area contributed by atoms with Crippen LogP contribution in [0.2, 0.25) is 0 Å². The number of fused-ring (bicyclic) bond motifs is 3. The number of hydrogen-bond donors (Lipinski definition) is 2. The van der Waals surface area contributed by atoms with Gasteiger partial charge in [0.05, 0.1) is 17.8 Å². The van der Waals surface area contributed by atoms with Crippen LogP contribution in [0.25, 0.3) is 0 Å².